The van der Waals surface area contributed by atoms with E-state index in [0.29, 0.717) is 0 Å². The smallest absolute Gasteiger partial charge is 0.324 e. The fraction of sp³-hybridized carbons (Fsp3) is 0.333. The van der Waals surface area contributed by atoms with Crippen LogP contribution in [0.1, 0.15) is 17.2 Å². The summed E-state index contributed by atoms with van der Waals surface area (Å²) in [4.78, 5) is 15.5. The van der Waals surface area contributed by atoms with Gasteiger partial charge in [0.25, 0.3) is 0 Å². The lowest BCUT2D eigenvalue weighted by atomic mass is 10.0. The van der Waals surface area contributed by atoms with Crippen LogP contribution in [-0.2, 0) is 6.42 Å². The molecule has 1 fully saturated rings. The molecule has 2 aliphatic rings. The fourth-order valence-corrected chi connectivity index (χ4v) is 2.89. The molecule has 1 saturated heterocycles. The molecule has 2 N–H and O–H groups in total. The van der Waals surface area contributed by atoms with Crippen LogP contribution in [0.3, 0.4) is 0 Å². The predicted octanol–water partition coefficient (Wildman–Crippen LogP) is 1.36. The van der Waals surface area contributed by atoms with Crippen molar-refractivity contribution in [1.82, 2.24) is 10.2 Å². The van der Waals surface area contributed by atoms with E-state index < -0.39 is 6.04 Å². The van der Waals surface area contributed by atoms with E-state index in [4.69, 9.17) is 11.8 Å². The first-order chi connectivity index (χ1) is 9.61. The number of nitrogens with one attached hydrogen (secondary N) is 2. The quantitative estimate of drug-likeness (QED) is 0.796. The minimum Gasteiger partial charge on any atom is -0.374 e. The molecule has 0 aromatic heterocycles. The molecular weight excluding hydrogens is 252 g/mol. The standard InChI is InChI=1S/C15H16N4O/c1-3-7-19-13(14(16)17-15(19)20)11-4-5-12-10(9-11)6-8-18(12)2/h1,4-5,9,13H,6-8H2,2H3,(H2,16,17,20). The third kappa shape index (κ3) is 1.81. The Kier molecular flexibility index (Phi) is 2.87. The van der Waals surface area contributed by atoms with Crippen molar-refractivity contribution in [3.8, 4) is 12.3 Å². The summed E-state index contributed by atoms with van der Waals surface area (Å²) in [5.74, 6) is 2.67. The van der Waals surface area contributed by atoms with Crippen LogP contribution in [0.25, 0.3) is 0 Å². The maximum absolute atomic E-state index is 11.8. The summed E-state index contributed by atoms with van der Waals surface area (Å²) < 4.78 is 0. The Balaban J connectivity index is 1.98. The van der Waals surface area contributed by atoms with Crippen molar-refractivity contribution >= 4 is 17.6 Å². The van der Waals surface area contributed by atoms with Crippen molar-refractivity contribution in [2.24, 2.45) is 0 Å². The maximum atomic E-state index is 11.8. The predicted molar refractivity (Wildman–Crippen MR) is 78.0 cm³/mol. The molecule has 5 nitrogen and oxygen atoms in total. The third-order valence-corrected chi connectivity index (χ3v) is 3.90. The van der Waals surface area contributed by atoms with Crippen LogP contribution in [0.4, 0.5) is 10.5 Å². The molecule has 1 atom stereocenters. The minimum atomic E-state index is -0.394. The van der Waals surface area contributed by atoms with Crippen molar-refractivity contribution in [1.29, 1.82) is 5.41 Å². The lowest BCUT2D eigenvalue weighted by Crippen LogP contribution is -2.30. The summed E-state index contributed by atoms with van der Waals surface area (Å²) in [6.07, 6.45) is 6.31. The molecule has 1 aromatic rings. The number of rotatable bonds is 2. The molecule has 2 heterocycles. The van der Waals surface area contributed by atoms with Crippen molar-refractivity contribution in [2.45, 2.75) is 12.5 Å². The highest BCUT2D eigenvalue weighted by molar-refractivity contribution is 6.06. The number of terminal acetylenes is 1. The number of anilines is 1. The van der Waals surface area contributed by atoms with Gasteiger partial charge in [-0.25, -0.2) is 4.79 Å². The van der Waals surface area contributed by atoms with Crippen molar-refractivity contribution in [3.05, 3.63) is 29.3 Å². The van der Waals surface area contributed by atoms with Gasteiger partial charge in [0.05, 0.1) is 6.54 Å². The number of amides is 2. The van der Waals surface area contributed by atoms with E-state index in [-0.39, 0.29) is 18.4 Å². The average Bonchev–Trinajstić information content (AvgIpc) is 2.91. The monoisotopic (exact) mass is 268 g/mol. The molecule has 102 valence electrons. The van der Waals surface area contributed by atoms with Crippen molar-refractivity contribution in [3.63, 3.8) is 0 Å². The molecule has 1 aromatic carbocycles. The van der Waals surface area contributed by atoms with Gasteiger partial charge in [-0.1, -0.05) is 18.1 Å². The van der Waals surface area contributed by atoms with Crippen LogP contribution in [0.2, 0.25) is 0 Å². The Morgan fingerprint density at radius 3 is 3.10 bits per heavy atom. The zero-order chi connectivity index (χ0) is 14.3. The zero-order valence-electron chi connectivity index (χ0n) is 11.3. The van der Waals surface area contributed by atoms with E-state index in [9.17, 15) is 4.79 Å². The molecule has 0 aliphatic carbocycles. The molecule has 0 radical (unpaired) electrons. The number of hydrogen-bond donors (Lipinski definition) is 2. The van der Waals surface area contributed by atoms with Gasteiger partial charge in [-0.2, -0.15) is 0 Å². The van der Waals surface area contributed by atoms with Gasteiger partial charge in [-0.15, -0.1) is 6.42 Å². The first kappa shape index (κ1) is 12.5. The number of carbonyl (C=O) groups excluding carboxylic acids is 1. The number of nitrogens with zero attached hydrogens (tertiary/aromatic N) is 2. The minimum absolute atomic E-state index is 0.191. The highest BCUT2D eigenvalue weighted by Gasteiger charge is 2.36. The largest absolute Gasteiger partial charge is 0.374 e. The molecule has 1 unspecified atom stereocenters. The van der Waals surface area contributed by atoms with E-state index >= 15 is 0 Å². The molecule has 0 spiro atoms. The van der Waals surface area contributed by atoms with Gasteiger partial charge in [0.2, 0.25) is 0 Å². The average molecular weight is 268 g/mol. The van der Waals surface area contributed by atoms with Gasteiger partial charge in [0.1, 0.15) is 11.9 Å². The lowest BCUT2D eigenvalue weighted by Gasteiger charge is -2.21. The maximum Gasteiger partial charge on any atom is 0.324 e. The van der Waals surface area contributed by atoms with Gasteiger partial charge in [-0.05, 0) is 23.6 Å². The summed E-state index contributed by atoms with van der Waals surface area (Å²) in [5, 5.41) is 10.5. The third-order valence-electron chi connectivity index (χ3n) is 3.90. The van der Waals surface area contributed by atoms with Crippen LogP contribution in [0.15, 0.2) is 18.2 Å². The number of benzene rings is 1. The summed E-state index contributed by atoms with van der Waals surface area (Å²) in [5.41, 5.74) is 3.43. The van der Waals surface area contributed by atoms with Gasteiger partial charge < -0.3 is 4.90 Å². The number of amidine groups is 1. The number of likely N-dealkylation sites (N-methyl/N-ethyl adjacent to an activating group) is 1. The van der Waals surface area contributed by atoms with E-state index in [0.717, 1.165) is 18.5 Å². The zero-order valence-corrected chi connectivity index (χ0v) is 11.3. The van der Waals surface area contributed by atoms with Crippen LogP contribution in [-0.4, -0.2) is 36.9 Å². The van der Waals surface area contributed by atoms with Crippen LogP contribution >= 0.6 is 0 Å². The van der Waals surface area contributed by atoms with Crippen LogP contribution in [0, 0.1) is 17.8 Å². The molecule has 20 heavy (non-hydrogen) atoms. The molecule has 0 saturated carbocycles. The molecule has 2 aliphatic heterocycles. The highest BCUT2D eigenvalue weighted by atomic mass is 16.2. The second-order valence-corrected chi connectivity index (χ2v) is 5.14. The van der Waals surface area contributed by atoms with Crippen molar-refractivity contribution < 1.29 is 4.79 Å². The SMILES string of the molecule is C#CCN1C(=O)NC(=N)C1c1ccc2c(c1)CCN2C. The molecule has 0 bridgehead atoms. The second-order valence-electron chi connectivity index (χ2n) is 5.14. The summed E-state index contributed by atoms with van der Waals surface area (Å²) in [6.45, 7) is 1.21. The first-order valence-corrected chi connectivity index (χ1v) is 6.55. The Labute approximate surface area is 118 Å². The van der Waals surface area contributed by atoms with E-state index in [1.807, 2.05) is 6.07 Å². The number of carbonyl (C=O) groups is 1. The Morgan fingerprint density at radius 2 is 2.35 bits per heavy atom. The fourth-order valence-electron chi connectivity index (χ4n) is 2.89. The lowest BCUT2D eigenvalue weighted by molar-refractivity contribution is 0.212. The Morgan fingerprint density at radius 1 is 1.55 bits per heavy atom. The van der Waals surface area contributed by atoms with Gasteiger partial charge in [-0.3, -0.25) is 15.6 Å². The van der Waals surface area contributed by atoms with Crippen molar-refractivity contribution in [2.75, 3.05) is 25.0 Å². The topological polar surface area (TPSA) is 59.4 Å². The van der Waals surface area contributed by atoms with Crippen LogP contribution < -0.4 is 10.2 Å². The molecule has 3 rings (SSSR count). The van der Waals surface area contributed by atoms with Crippen LogP contribution in [0.5, 0.6) is 0 Å². The summed E-state index contributed by atoms with van der Waals surface area (Å²) >= 11 is 0. The molecular formula is C15H16N4O. The first-order valence-electron chi connectivity index (χ1n) is 6.55. The number of fused-ring (bicyclic) bond motifs is 1. The van der Waals surface area contributed by atoms with E-state index in [1.54, 1.807) is 0 Å². The van der Waals surface area contributed by atoms with E-state index in [2.05, 4.69) is 35.3 Å². The van der Waals surface area contributed by atoms with Gasteiger partial charge in [0, 0.05) is 19.3 Å². The summed E-state index contributed by atoms with van der Waals surface area (Å²) in [6, 6.07) is 5.43. The summed E-state index contributed by atoms with van der Waals surface area (Å²) in [7, 11) is 2.07. The number of urea groups is 1. The van der Waals surface area contributed by atoms with Gasteiger partial charge >= 0.3 is 6.03 Å². The normalized spacial score (nSPS) is 20.9. The molecule has 5 heteroatoms. The van der Waals surface area contributed by atoms with E-state index in [1.165, 1.54) is 16.2 Å². The highest BCUT2D eigenvalue weighted by Crippen LogP contribution is 2.32. The Hall–Kier alpha value is -2.48. The Bertz CT molecular complexity index is 631. The molecule has 2 amide bonds. The number of hydrogen-bond acceptors (Lipinski definition) is 3. The van der Waals surface area contributed by atoms with Gasteiger partial charge in [0.15, 0.2) is 0 Å². The second kappa shape index (κ2) is 4.57.